The van der Waals surface area contributed by atoms with Crippen molar-refractivity contribution in [3.63, 3.8) is 0 Å². The number of aromatic nitrogens is 2. The first-order chi connectivity index (χ1) is 8.69. The summed E-state index contributed by atoms with van der Waals surface area (Å²) in [4.78, 5) is 8.29. The smallest absolute Gasteiger partial charge is 0.238 e. The van der Waals surface area contributed by atoms with Crippen LogP contribution in [0.5, 0.6) is 11.6 Å². The van der Waals surface area contributed by atoms with Gasteiger partial charge in [0.05, 0.1) is 16.4 Å². The van der Waals surface area contributed by atoms with Gasteiger partial charge in [-0.15, -0.1) is 0 Å². The van der Waals surface area contributed by atoms with Crippen LogP contribution in [0.1, 0.15) is 5.69 Å². The van der Waals surface area contributed by atoms with E-state index in [-0.39, 0.29) is 5.82 Å². The van der Waals surface area contributed by atoms with Crippen LogP contribution in [-0.2, 0) is 6.54 Å². The average molecular weight is 312 g/mol. The van der Waals surface area contributed by atoms with Crippen LogP contribution in [0.4, 0.5) is 4.39 Å². The van der Waals surface area contributed by atoms with Gasteiger partial charge in [-0.25, -0.2) is 9.37 Å². The molecule has 1 aromatic carbocycles. The highest BCUT2D eigenvalue weighted by Crippen LogP contribution is 2.28. The highest BCUT2D eigenvalue weighted by molar-refractivity contribution is 9.10. The van der Waals surface area contributed by atoms with Gasteiger partial charge in [-0.3, -0.25) is 4.98 Å². The maximum atomic E-state index is 12.9. The van der Waals surface area contributed by atoms with Crippen LogP contribution >= 0.6 is 15.9 Å². The molecule has 4 nitrogen and oxygen atoms in total. The SMILES string of the molecule is CNCc1cncc(Oc2ccc(F)cc2Br)n1. The second kappa shape index (κ2) is 5.88. The van der Waals surface area contributed by atoms with Crippen LogP contribution in [-0.4, -0.2) is 17.0 Å². The van der Waals surface area contributed by atoms with Crippen molar-refractivity contribution in [2.45, 2.75) is 6.54 Å². The number of ether oxygens (including phenoxy) is 1. The normalized spacial score (nSPS) is 10.4. The molecule has 0 unspecified atom stereocenters. The van der Waals surface area contributed by atoms with Gasteiger partial charge in [0.1, 0.15) is 11.6 Å². The molecule has 0 fully saturated rings. The molecular weight excluding hydrogens is 301 g/mol. The Labute approximate surface area is 112 Å². The monoisotopic (exact) mass is 311 g/mol. The molecule has 0 radical (unpaired) electrons. The summed E-state index contributed by atoms with van der Waals surface area (Å²) in [5, 5.41) is 2.98. The lowest BCUT2D eigenvalue weighted by Crippen LogP contribution is -2.07. The standard InChI is InChI=1S/C12H11BrFN3O/c1-15-5-9-6-16-7-12(17-9)18-11-3-2-8(14)4-10(11)13/h2-4,6-7,15H,5H2,1H3. The van der Waals surface area contributed by atoms with Crippen molar-refractivity contribution in [2.24, 2.45) is 0 Å². The molecule has 94 valence electrons. The van der Waals surface area contributed by atoms with E-state index in [4.69, 9.17) is 4.74 Å². The molecule has 6 heteroatoms. The molecule has 2 rings (SSSR count). The van der Waals surface area contributed by atoms with E-state index in [0.717, 1.165) is 5.69 Å². The van der Waals surface area contributed by atoms with Crippen LogP contribution in [0.2, 0.25) is 0 Å². The highest BCUT2D eigenvalue weighted by atomic mass is 79.9. The quantitative estimate of drug-likeness (QED) is 0.943. The third kappa shape index (κ3) is 3.24. The maximum Gasteiger partial charge on any atom is 0.238 e. The van der Waals surface area contributed by atoms with Crippen LogP contribution in [0, 0.1) is 5.82 Å². The zero-order valence-electron chi connectivity index (χ0n) is 9.65. The van der Waals surface area contributed by atoms with Crippen LogP contribution < -0.4 is 10.1 Å². The van der Waals surface area contributed by atoms with Crippen molar-refractivity contribution in [3.8, 4) is 11.6 Å². The Morgan fingerprint density at radius 1 is 1.39 bits per heavy atom. The molecular formula is C12H11BrFN3O. The Balaban J connectivity index is 2.20. The van der Waals surface area contributed by atoms with Gasteiger partial charge in [0, 0.05) is 12.7 Å². The van der Waals surface area contributed by atoms with E-state index < -0.39 is 0 Å². The summed E-state index contributed by atoms with van der Waals surface area (Å²) in [7, 11) is 1.83. The van der Waals surface area contributed by atoms with Gasteiger partial charge in [0.15, 0.2) is 0 Å². The molecule has 0 amide bonds. The summed E-state index contributed by atoms with van der Waals surface area (Å²) in [6.07, 6.45) is 3.16. The van der Waals surface area contributed by atoms with Gasteiger partial charge < -0.3 is 10.1 Å². The lowest BCUT2D eigenvalue weighted by molar-refractivity contribution is 0.452. The molecule has 1 N–H and O–H groups in total. The fraction of sp³-hybridized carbons (Fsp3) is 0.167. The van der Waals surface area contributed by atoms with E-state index in [2.05, 4.69) is 31.2 Å². The predicted octanol–water partition coefficient (Wildman–Crippen LogP) is 2.89. The van der Waals surface area contributed by atoms with Gasteiger partial charge in [-0.05, 0) is 41.2 Å². The van der Waals surface area contributed by atoms with E-state index in [0.29, 0.717) is 22.6 Å². The molecule has 2 aromatic rings. The number of nitrogens with zero attached hydrogens (tertiary/aromatic N) is 2. The van der Waals surface area contributed by atoms with Crippen LogP contribution in [0.3, 0.4) is 0 Å². The molecule has 0 aliphatic rings. The maximum absolute atomic E-state index is 12.9. The second-order valence-corrected chi connectivity index (χ2v) is 4.41. The Morgan fingerprint density at radius 2 is 2.22 bits per heavy atom. The Bertz CT molecular complexity index is 551. The number of nitrogens with one attached hydrogen (secondary N) is 1. The minimum absolute atomic E-state index is 0.329. The predicted molar refractivity (Wildman–Crippen MR) is 69.0 cm³/mol. The van der Waals surface area contributed by atoms with E-state index in [1.807, 2.05) is 7.05 Å². The molecule has 0 bridgehead atoms. The lowest BCUT2D eigenvalue weighted by atomic mass is 10.3. The summed E-state index contributed by atoms with van der Waals surface area (Å²) < 4.78 is 19.0. The molecule has 0 aliphatic carbocycles. The number of halogens is 2. The molecule has 1 aromatic heterocycles. The van der Waals surface area contributed by atoms with Crippen molar-refractivity contribution >= 4 is 15.9 Å². The summed E-state index contributed by atoms with van der Waals surface area (Å²) in [6.45, 7) is 0.606. The minimum Gasteiger partial charge on any atom is -0.436 e. The summed E-state index contributed by atoms with van der Waals surface area (Å²) in [5.41, 5.74) is 0.772. The number of rotatable bonds is 4. The Morgan fingerprint density at radius 3 is 2.94 bits per heavy atom. The number of hydrogen-bond donors (Lipinski definition) is 1. The lowest BCUT2D eigenvalue weighted by Gasteiger charge is -2.07. The van der Waals surface area contributed by atoms with E-state index in [1.54, 1.807) is 6.20 Å². The van der Waals surface area contributed by atoms with Gasteiger partial charge >= 0.3 is 0 Å². The van der Waals surface area contributed by atoms with Crippen molar-refractivity contribution < 1.29 is 9.13 Å². The first-order valence-electron chi connectivity index (χ1n) is 5.27. The van der Waals surface area contributed by atoms with Crippen LogP contribution in [0.25, 0.3) is 0 Å². The van der Waals surface area contributed by atoms with E-state index >= 15 is 0 Å². The van der Waals surface area contributed by atoms with Gasteiger partial charge in [0.2, 0.25) is 5.88 Å². The highest BCUT2D eigenvalue weighted by Gasteiger charge is 2.06. The Kier molecular flexibility index (Phi) is 4.22. The fourth-order valence-electron chi connectivity index (χ4n) is 1.37. The first kappa shape index (κ1) is 12.9. The topological polar surface area (TPSA) is 47.0 Å². The summed E-state index contributed by atoms with van der Waals surface area (Å²) in [6, 6.07) is 4.19. The molecule has 18 heavy (non-hydrogen) atoms. The van der Waals surface area contributed by atoms with E-state index in [1.165, 1.54) is 24.4 Å². The summed E-state index contributed by atoms with van der Waals surface area (Å²) in [5.74, 6) is 0.534. The summed E-state index contributed by atoms with van der Waals surface area (Å²) >= 11 is 3.23. The number of hydrogen-bond acceptors (Lipinski definition) is 4. The van der Waals surface area contributed by atoms with Crippen molar-refractivity contribution in [1.82, 2.24) is 15.3 Å². The molecule has 0 saturated carbocycles. The molecule has 0 spiro atoms. The average Bonchev–Trinajstić information content (AvgIpc) is 2.34. The molecule has 0 saturated heterocycles. The second-order valence-electron chi connectivity index (χ2n) is 3.56. The third-order valence-corrected chi connectivity index (χ3v) is 2.75. The van der Waals surface area contributed by atoms with E-state index in [9.17, 15) is 4.39 Å². The van der Waals surface area contributed by atoms with Crippen molar-refractivity contribution in [2.75, 3.05) is 7.05 Å². The van der Waals surface area contributed by atoms with Gasteiger partial charge in [-0.2, -0.15) is 0 Å². The first-order valence-corrected chi connectivity index (χ1v) is 6.07. The Hall–Kier alpha value is -1.53. The molecule has 0 aliphatic heterocycles. The van der Waals surface area contributed by atoms with Gasteiger partial charge in [0.25, 0.3) is 0 Å². The largest absolute Gasteiger partial charge is 0.436 e. The zero-order valence-corrected chi connectivity index (χ0v) is 11.2. The van der Waals surface area contributed by atoms with Gasteiger partial charge in [-0.1, -0.05) is 0 Å². The minimum atomic E-state index is -0.329. The third-order valence-electron chi connectivity index (χ3n) is 2.13. The van der Waals surface area contributed by atoms with Crippen molar-refractivity contribution in [1.29, 1.82) is 0 Å². The van der Waals surface area contributed by atoms with Crippen molar-refractivity contribution in [3.05, 3.63) is 46.6 Å². The zero-order chi connectivity index (χ0) is 13.0. The fourth-order valence-corrected chi connectivity index (χ4v) is 1.80. The molecule has 0 atom stereocenters. The van der Waals surface area contributed by atoms with Crippen LogP contribution in [0.15, 0.2) is 35.1 Å². The number of benzene rings is 1. The molecule has 1 heterocycles.